The second-order valence-electron chi connectivity index (χ2n) is 2.25. The van der Waals surface area contributed by atoms with Crippen LogP contribution in [0.25, 0.3) is 12.2 Å². The van der Waals surface area contributed by atoms with Crippen LogP contribution in [0.2, 0.25) is 0 Å². The summed E-state index contributed by atoms with van der Waals surface area (Å²) in [5, 5.41) is 0. The third-order valence-corrected chi connectivity index (χ3v) is 1.38. The molecule has 1 heterocycles. The van der Waals surface area contributed by atoms with E-state index in [-0.39, 0.29) is 5.56 Å². The van der Waals surface area contributed by atoms with E-state index in [4.69, 9.17) is 0 Å². The van der Waals surface area contributed by atoms with Crippen molar-refractivity contribution < 1.29 is 0 Å². The number of rotatable bonds is 2. The van der Waals surface area contributed by atoms with Gasteiger partial charge in [0.2, 0.25) is 0 Å². The van der Waals surface area contributed by atoms with Crippen LogP contribution in [-0.2, 0) is 0 Å². The summed E-state index contributed by atoms with van der Waals surface area (Å²) in [6, 6.07) is 0. The maximum atomic E-state index is 10.8. The minimum atomic E-state index is -0.210. The lowest BCUT2D eigenvalue weighted by Gasteiger charge is -1.96. The minimum Gasteiger partial charge on any atom is -0.319 e. The van der Waals surface area contributed by atoms with Crippen molar-refractivity contribution in [1.29, 1.82) is 0 Å². The van der Waals surface area contributed by atoms with Crippen LogP contribution in [0.15, 0.2) is 23.6 Å². The molecule has 1 N–H and O–H groups in total. The summed E-state index contributed by atoms with van der Waals surface area (Å²) >= 11 is 0. The van der Waals surface area contributed by atoms with Gasteiger partial charge in [0, 0.05) is 0 Å². The van der Waals surface area contributed by atoms with Crippen molar-refractivity contribution in [3.8, 4) is 0 Å². The molecule has 0 bridgehead atoms. The van der Waals surface area contributed by atoms with Crippen LogP contribution in [-0.4, -0.2) is 9.97 Å². The molecule has 3 nitrogen and oxygen atoms in total. The Morgan fingerprint density at radius 3 is 3.00 bits per heavy atom. The van der Waals surface area contributed by atoms with Crippen LogP contribution in [0.1, 0.15) is 18.3 Å². The number of aromatic amines is 1. The van der Waals surface area contributed by atoms with E-state index in [1.807, 2.05) is 19.1 Å². The minimum absolute atomic E-state index is 0.210. The molecule has 0 aromatic carbocycles. The number of nitrogens with one attached hydrogen (secondary N) is 1. The first kappa shape index (κ1) is 8.46. The lowest BCUT2D eigenvalue weighted by molar-refractivity contribution is 1.10. The second-order valence-corrected chi connectivity index (χ2v) is 2.25. The summed E-state index contributed by atoms with van der Waals surface area (Å²) in [5.74, 6) is 0. The van der Waals surface area contributed by atoms with Gasteiger partial charge in [-0.25, -0.2) is 4.98 Å². The first-order valence-corrected chi connectivity index (χ1v) is 3.62. The van der Waals surface area contributed by atoms with Gasteiger partial charge in [0.1, 0.15) is 0 Å². The standard InChI is InChI=1S/C9H10N2O/c1-3-5-8-7(4-2)11-9(12)6-10-8/h3-6H,2H2,1H3,(H,11,12)/b5-3-. The van der Waals surface area contributed by atoms with E-state index in [2.05, 4.69) is 16.5 Å². The topological polar surface area (TPSA) is 45.8 Å². The molecule has 0 amide bonds. The average Bonchev–Trinajstić information content (AvgIpc) is 2.08. The summed E-state index contributed by atoms with van der Waals surface area (Å²) in [4.78, 5) is 17.4. The normalized spacial score (nSPS) is 10.4. The first-order chi connectivity index (χ1) is 5.77. The van der Waals surface area contributed by atoms with Gasteiger partial charge in [0.25, 0.3) is 5.56 Å². The van der Waals surface area contributed by atoms with E-state index in [9.17, 15) is 4.79 Å². The molecule has 0 saturated carbocycles. The molecule has 0 aliphatic rings. The lowest BCUT2D eigenvalue weighted by Crippen LogP contribution is -2.08. The number of hydrogen-bond acceptors (Lipinski definition) is 2. The van der Waals surface area contributed by atoms with Crippen LogP contribution < -0.4 is 5.56 Å². The predicted molar refractivity (Wildman–Crippen MR) is 49.7 cm³/mol. The van der Waals surface area contributed by atoms with E-state index in [0.29, 0.717) is 5.69 Å². The molecule has 0 saturated heterocycles. The van der Waals surface area contributed by atoms with Gasteiger partial charge in [0.15, 0.2) is 0 Å². The highest BCUT2D eigenvalue weighted by molar-refractivity contribution is 5.57. The zero-order chi connectivity index (χ0) is 8.97. The summed E-state index contributed by atoms with van der Waals surface area (Å²) < 4.78 is 0. The van der Waals surface area contributed by atoms with Gasteiger partial charge in [-0.05, 0) is 19.1 Å². The van der Waals surface area contributed by atoms with Gasteiger partial charge in [-0.2, -0.15) is 0 Å². The highest BCUT2D eigenvalue weighted by atomic mass is 16.1. The van der Waals surface area contributed by atoms with Crippen LogP contribution in [0.3, 0.4) is 0 Å². The van der Waals surface area contributed by atoms with Gasteiger partial charge in [-0.15, -0.1) is 0 Å². The molecule has 1 aromatic heterocycles. The van der Waals surface area contributed by atoms with E-state index < -0.39 is 0 Å². The van der Waals surface area contributed by atoms with Crippen LogP contribution in [0.5, 0.6) is 0 Å². The molecule has 1 rings (SSSR count). The Morgan fingerprint density at radius 2 is 2.42 bits per heavy atom. The highest BCUT2D eigenvalue weighted by Crippen LogP contribution is 2.02. The van der Waals surface area contributed by atoms with Gasteiger partial charge < -0.3 is 4.98 Å². The summed E-state index contributed by atoms with van der Waals surface area (Å²) in [7, 11) is 0. The Labute approximate surface area is 70.5 Å². The van der Waals surface area contributed by atoms with Crippen molar-refractivity contribution in [2.75, 3.05) is 0 Å². The van der Waals surface area contributed by atoms with Gasteiger partial charge in [-0.1, -0.05) is 12.7 Å². The quantitative estimate of drug-likeness (QED) is 0.715. The molecule has 0 aliphatic carbocycles. The molecule has 12 heavy (non-hydrogen) atoms. The van der Waals surface area contributed by atoms with Crippen molar-refractivity contribution in [1.82, 2.24) is 9.97 Å². The van der Waals surface area contributed by atoms with Crippen LogP contribution in [0.4, 0.5) is 0 Å². The molecule has 1 aromatic rings. The smallest absolute Gasteiger partial charge is 0.266 e. The summed E-state index contributed by atoms with van der Waals surface area (Å²) in [6.07, 6.45) is 6.49. The fraction of sp³-hybridized carbons (Fsp3) is 0.111. The molecule has 0 spiro atoms. The van der Waals surface area contributed by atoms with E-state index in [1.165, 1.54) is 6.20 Å². The Hall–Kier alpha value is -1.64. The highest BCUT2D eigenvalue weighted by Gasteiger charge is 1.95. The number of hydrogen-bond donors (Lipinski definition) is 1. The van der Waals surface area contributed by atoms with Crippen molar-refractivity contribution in [3.05, 3.63) is 40.6 Å². The van der Waals surface area contributed by atoms with E-state index >= 15 is 0 Å². The molecule has 0 fully saturated rings. The van der Waals surface area contributed by atoms with Crippen molar-refractivity contribution in [2.24, 2.45) is 0 Å². The summed E-state index contributed by atoms with van der Waals surface area (Å²) in [5.41, 5.74) is 1.17. The predicted octanol–water partition coefficient (Wildman–Crippen LogP) is 1.45. The Bertz CT molecular complexity index is 363. The fourth-order valence-corrected chi connectivity index (χ4v) is 0.873. The number of aromatic nitrogens is 2. The number of allylic oxidation sites excluding steroid dienone is 1. The second kappa shape index (κ2) is 3.67. The molecule has 3 heteroatoms. The number of nitrogens with zero attached hydrogens (tertiary/aromatic N) is 1. The SMILES string of the molecule is C=Cc1[nH]c(=O)cnc1/C=C\C. The van der Waals surface area contributed by atoms with Crippen molar-refractivity contribution in [2.45, 2.75) is 6.92 Å². The Balaban J connectivity index is 3.29. The van der Waals surface area contributed by atoms with E-state index in [1.54, 1.807) is 6.08 Å². The molecule has 0 unspecified atom stereocenters. The zero-order valence-electron chi connectivity index (χ0n) is 6.87. The monoisotopic (exact) mass is 162 g/mol. The zero-order valence-corrected chi connectivity index (χ0v) is 6.87. The van der Waals surface area contributed by atoms with Crippen molar-refractivity contribution >= 4 is 12.2 Å². The summed E-state index contributed by atoms with van der Waals surface area (Å²) in [6.45, 7) is 5.46. The Kier molecular flexibility index (Phi) is 2.58. The van der Waals surface area contributed by atoms with Crippen LogP contribution in [0, 0.1) is 0 Å². The molecular formula is C9H10N2O. The fourth-order valence-electron chi connectivity index (χ4n) is 0.873. The van der Waals surface area contributed by atoms with Gasteiger partial charge >= 0.3 is 0 Å². The van der Waals surface area contributed by atoms with Crippen molar-refractivity contribution in [3.63, 3.8) is 0 Å². The van der Waals surface area contributed by atoms with Gasteiger partial charge in [0.05, 0.1) is 17.6 Å². The lowest BCUT2D eigenvalue weighted by atomic mass is 10.3. The Morgan fingerprint density at radius 1 is 1.67 bits per heavy atom. The molecule has 0 aliphatic heterocycles. The van der Waals surface area contributed by atoms with Crippen LogP contribution >= 0.6 is 0 Å². The largest absolute Gasteiger partial charge is 0.319 e. The van der Waals surface area contributed by atoms with Gasteiger partial charge in [-0.3, -0.25) is 4.79 Å². The molecule has 62 valence electrons. The molecule has 0 atom stereocenters. The molecular weight excluding hydrogens is 152 g/mol. The van der Waals surface area contributed by atoms with E-state index in [0.717, 1.165) is 5.69 Å². The first-order valence-electron chi connectivity index (χ1n) is 3.62. The maximum Gasteiger partial charge on any atom is 0.266 e. The molecule has 0 radical (unpaired) electrons. The average molecular weight is 162 g/mol. The third-order valence-electron chi connectivity index (χ3n) is 1.38. The third kappa shape index (κ3) is 1.69. The maximum absolute atomic E-state index is 10.8. The number of H-pyrrole nitrogens is 1.